The summed E-state index contributed by atoms with van der Waals surface area (Å²) in [5.41, 5.74) is 1.08. The number of hydrogen-bond acceptors (Lipinski definition) is 7. The summed E-state index contributed by atoms with van der Waals surface area (Å²) in [6.07, 6.45) is 2.03. The van der Waals surface area contributed by atoms with E-state index in [9.17, 15) is 4.79 Å². The number of esters is 1. The summed E-state index contributed by atoms with van der Waals surface area (Å²) >= 11 is 0. The van der Waals surface area contributed by atoms with Crippen LogP contribution < -0.4 is 5.32 Å². The van der Waals surface area contributed by atoms with E-state index in [0.717, 1.165) is 0 Å². The van der Waals surface area contributed by atoms with E-state index in [4.69, 9.17) is 9.26 Å². The van der Waals surface area contributed by atoms with Gasteiger partial charge in [-0.2, -0.15) is 4.98 Å². The second-order valence-corrected chi connectivity index (χ2v) is 5.25. The van der Waals surface area contributed by atoms with Gasteiger partial charge in [0.25, 0.3) is 5.71 Å². The number of ether oxygens (including phenoxy) is 1. The maximum atomic E-state index is 12.1. The van der Waals surface area contributed by atoms with Crippen molar-refractivity contribution in [3.63, 3.8) is 0 Å². The first-order valence-corrected chi connectivity index (χ1v) is 7.03. The van der Waals surface area contributed by atoms with E-state index >= 15 is 0 Å². The van der Waals surface area contributed by atoms with Crippen LogP contribution in [0.3, 0.4) is 0 Å². The quantitative estimate of drug-likeness (QED) is 0.817. The van der Waals surface area contributed by atoms with Crippen molar-refractivity contribution < 1.29 is 14.1 Å². The van der Waals surface area contributed by atoms with Crippen molar-refractivity contribution in [3.05, 3.63) is 12.0 Å². The van der Waals surface area contributed by atoms with E-state index in [-0.39, 0.29) is 5.97 Å². The second-order valence-electron chi connectivity index (χ2n) is 5.25. The lowest BCUT2D eigenvalue weighted by Crippen LogP contribution is -2.33. The van der Waals surface area contributed by atoms with Crippen molar-refractivity contribution in [1.82, 2.24) is 15.1 Å². The third-order valence-corrected chi connectivity index (χ3v) is 3.03. The Kier molecular flexibility index (Phi) is 4.72. The van der Waals surface area contributed by atoms with Crippen LogP contribution in [0.15, 0.2) is 10.9 Å². The zero-order valence-electron chi connectivity index (χ0n) is 12.7. The van der Waals surface area contributed by atoms with Crippen LogP contribution in [0.5, 0.6) is 0 Å². The molecule has 0 spiro atoms. The zero-order chi connectivity index (χ0) is 15.4. The average molecular weight is 292 g/mol. The summed E-state index contributed by atoms with van der Waals surface area (Å²) in [6.45, 7) is 8.04. The maximum absolute atomic E-state index is 12.1. The van der Waals surface area contributed by atoms with Crippen molar-refractivity contribution in [1.29, 1.82) is 0 Å². The van der Waals surface area contributed by atoms with Gasteiger partial charge in [0, 0.05) is 0 Å². The normalized spacial score (nSPS) is 12.6. The molecule has 0 aliphatic carbocycles. The molecule has 2 heterocycles. The van der Waals surface area contributed by atoms with Crippen LogP contribution in [-0.2, 0) is 9.53 Å². The predicted molar refractivity (Wildman–Crippen MR) is 77.8 cm³/mol. The van der Waals surface area contributed by atoms with Gasteiger partial charge in [-0.1, -0.05) is 19.0 Å². The molecule has 7 heteroatoms. The monoisotopic (exact) mass is 292 g/mol. The van der Waals surface area contributed by atoms with Crippen LogP contribution in [-0.4, -0.2) is 33.7 Å². The van der Waals surface area contributed by atoms with Gasteiger partial charge in [0.15, 0.2) is 0 Å². The number of carbonyl (C=O) groups excluding carboxylic acids is 1. The average Bonchev–Trinajstić information content (AvgIpc) is 2.81. The van der Waals surface area contributed by atoms with E-state index in [1.807, 2.05) is 20.8 Å². The topological polar surface area (TPSA) is 90.1 Å². The van der Waals surface area contributed by atoms with Crippen LogP contribution in [0.4, 0.5) is 5.82 Å². The van der Waals surface area contributed by atoms with E-state index in [1.165, 1.54) is 6.33 Å². The summed E-state index contributed by atoms with van der Waals surface area (Å²) < 4.78 is 10.2. The molecule has 114 valence electrons. The van der Waals surface area contributed by atoms with Gasteiger partial charge in [-0.15, -0.1) is 0 Å². The fourth-order valence-electron chi connectivity index (χ4n) is 2.12. The Hall–Kier alpha value is -2.18. The molecule has 2 aromatic heterocycles. The predicted octanol–water partition coefficient (Wildman–Crippen LogP) is 2.32. The first-order valence-electron chi connectivity index (χ1n) is 7.03. The smallest absolute Gasteiger partial charge is 0.328 e. The Morgan fingerprint density at radius 3 is 2.86 bits per heavy atom. The number of nitrogens with zero attached hydrogens (tertiary/aromatic N) is 3. The summed E-state index contributed by atoms with van der Waals surface area (Å²) in [7, 11) is 0. The molecule has 1 atom stereocenters. The molecule has 0 amide bonds. The van der Waals surface area contributed by atoms with Crippen LogP contribution in [0.1, 0.15) is 32.9 Å². The minimum Gasteiger partial charge on any atom is -0.464 e. The third kappa shape index (κ3) is 3.48. The molecule has 21 heavy (non-hydrogen) atoms. The van der Waals surface area contributed by atoms with Gasteiger partial charge in [-0.05, 0) is 26.2 Å². The van der Waals surface area contributed by atoms with E-state index in [2.05, 4.69) is 20.4 Å². The van der Waals surface area contributed by atoms with Gasteiger partial charge < -0.3 is 14.6 Å². The van der Waals surface area contributed by atoms with Crippen LogP contribution in [0, 0.1) is 12.8 Å². The summed E-state index contributed by atoms with van der Waals surface area (Å²) in [5, 5.41) is 7.70. The molecule has 0 bridgehead atoms. The molecular weight excluding hydrogens is 272 g/mol. The van der Waals surface area contributed by atoms with Crippen LogP contribution >= 0.6 is 0 Å². The molecular formula is C14H20N4O3. The first kappa shape index (κ1) is 15.2. The maximum Gasteiger partial charge on any atom is 0.328 e. The fraction of sp³-hybridized carbons (Fsp3) is 0.571. The molecule has 2 aromatic rings. The lowest BCUT2D eigenvalue weighted by Gasteiger charge is -2.19. The highest BCUT2D eigenvalue weighted by Crippen LogP contribution is 2.24. The van der Waals surface area contributed by atoms with Crippen molar-refractivity contribution in [2.75, 3.05) is 11.9 Å². The Morgan fingerprint density at radius 2 is 2.19 bits per heavy atom. The zero-order valence-corrected chi connectivity index (χ0v) is 12.7. The van der Waals surface area contributed by atoms with Gasteiger partial charge >= 0.3 is 5.97 Å². The highest BCUT2D eigenvalue weighted by molar-refractivity contribution is 5.89. The molecule has 1 N–H and O–H groups in total. The van der Waals surface area contributed by atoms with Gasteiger partial charge in [-0.3, -0.25) is 0 Å². The summed E-state index contributed by atoms with van der Waals surface area (Å²) in [6, 6.07) is -0.461. The number of aromatic nitrogens is 3. The van der Waals surface area contributed by atoms with Crippen molar-refractivity contribution in [2.24, 2.45) is 5.92 Å². The first-order chi connectivity index (χ1) is 10.0. The van der Waals surface area contributed by atoms with Crippen LogP contribution in [0.2, 0.25) is 0 Å². The van der Waals surface area contributed by atoms with Gasteiger partial charge in [0.1, 0.15) is 23.6 Å². The Balaban J connectivity index is 2.29. The highest BCUT2D eigenvalue weighted by atomic mass is 16.5. The molecule has 0 aliphatic rings. The SMILES string of the molecule is CCOC(=O)[C@@H](CC(C)C)Nc1ncnc2onc(C)c12. The van der Waals surface area contributed by atoms with Crippen molar-refractivity contribution in [2.45, 2.75) is 40.2 Å². The number of carbonyl (C=O) groups is 1. The number of aryl methyl sites for hydroxylation is 1. The highest BCUT2D eigenvalue weighted by Gasteiger charge is 2.23. The molecule has 2 rings (SSSR count). The molecule has 0 radical (unpaired) electrons. The molecule has 0 aliphatic heterocycles. The van der Waals surface area contributed by atoms with Gasteiger partial charge in [-0.25, -0.2) is 9.78 Å². The summed E-state index contributed by atoms with van der Waals surface area (Å²) in [5.74, 6) is 0.595. The van der Waals surface area contributed by atoms with Gasteiger partial charge in [0.2, 0.25) is 0 Å². The second kappa shape index (κ2) is 6.51. The Labute approximate surface area is 123 Å². The number of nitrogens with one attached hydrogen (secondary N) is 1. The van der Waals surface area contributed by atoms with Crippen molar-refractivity contribution >= 4 is 22.9 Å². The van der Waals surface area contributed by atoms with E-state index in [1.54, 1.807) is 6.92 Å². The minimum atomic E-state index is -0.461. The Bertz CT molecular complexity index is 624. The fourth-order valence-corrected chi connectivity index (χ4v) is 2.12. The largest absolute Gasteiger partial charge is 0.464 e. The minimum absolute atomic E-state index is 0.285. The molecule has 0 saturated carbocycles. The summed E-state index contributed by atoms with van der Waals surface area (Å²) in [4.78, 5) is 20.3. The standard InChI is InChI=1S/C14H20N4O3/c1-5-20-14(19)10(6-8(2)3)17-12-11-9(4)18-21-13(11)16-7-15-12/h7-8,10H,5-6H2,1-4H3,(H,15,16,17)/t10-/m1/s1. The number of hydrogen-bond donors (Lipinski definition) is 1. The molecule has 0 fully saturated rings. The third-order valence-electron chi connectivity index (χ3n) is 3.03. The van der Waals surface area contributed by atoms with E-state index < -0.39 is 6.04 Å². The van der Waals surface area contributed by atoms with Crippen LogP contribution in [0.25, 0.3) is 11.1 Å². The molecule has 7 nitrogen and oxygen atoms in total. The molecule has 0 unspecified atom stereocenters. The lowest BCUT2D eigenvalue weighted by molar-refractivity contribution is -0.144. The Morgan fingerprint density at radius 1 is 1.43 bits per heavy atom. The molecule has 0 aromatic carbocycles. The van der Waals surface area contributed by atoms with E-state index in [0.29, 0.717) is 41.6 Å². The lowest BCUT2D eigenvalue weighted by atomic mass is 10.0. The van der Waals surface area contributed by atoms with Crippen molar-refractivity contribution in [3.8, 4) is 0 Å². The number of fused-ring (bicyclic) bond motifs is 1. The number of rotatable bonds is 6. The molecule has 0 saturated heterocycles. The van der Waals surface area contributed by atoms with Gasteiger partial charge in [0.05, 0.1) is 12.3 Å². The number of anilines is 1.